The number of ketones is 1. The normalized spacial score (nSPS) is 14.5. The molecule has 0 aliphatic carbocycles. The van der Waals surface area contributed by atoms with E-state index in [1.54, 1.807) is 12.1 Å². The number of hydrogen-bond donors (Lipinski definition) is 1. The third kappa shape index (κ3) is 5.05. The maximum absolute atomic E-state index is 14.4. The highest BCUT2D eigenvalue weighted by Gasteiger charge is 2.22. The van der Waals surface area contributed by atoms with Crippen LogP contribution in [0.25, 0.3) is 10.2 Å². The van der Waals surface area contributed by atoms with E-state index in [2.05, 4.69) is 10.3 Å². The first-order chi connectivity index (χ1) is 15.4. The summed E-state index contributed by atoms with van der Waals surface area (Å²) in [5.41, 5.74) is 1.67. The number of carbonyl (C=O) groups is 2. The molecule has 3 aromatic rings. The molecule has 1 aliphatic rings. The number of carbonyl (C=O) groups excluding carboxylic acids is 2. The van der Waals surface area contributed by atoms with Crippen molar-refractivity contribution in [2.75, 3.05) is 49.5 Å². The number of nitrogens with zero attached hydrogens (tertiary/aromatic N) is 3. The van der Waals surface area contributed by atoms with Gasteiger partial charge in [-0.3, -0.25) is 14.5 Å². The quantitative estimate of drug-likeness (QED) is 0.545. The van der Waals surface area contributed by atoms with E-state index in [9.17, 15) is 14.0 Å². The van der Waals surface area contributed by atoms with Crippen molar-refractivity contribution < 1.29 is 18.7 Å². The third-order valence-electron chi connectivity index (χ3n) is 5.35. The molecule has 1 aromatic heterocycles. The zero-order chi connectivity index (χ0) is 22.7. The number of benzene rings is 2. The third-order valence-corrected chi connectivity index (χ3v) is 6.29. The minimum Gasteiger partial charge on any atom is -0.494 e. The first kappa shape index (κ1) is 22.2. The van der Waals surface area contributed by atoms with Gasteiger partial charge < -0.3 is 15.0 Å². The van der Waals surface area contributed by atoms with Gasteiger partial charge in [0.25, 0.3) is 0 Å². The van der Waals surface area contributed by atoms with E-state index < -0.39 is 5.82 Å². The number of fused-ring (bicyclic) bond motifs is 1. The fraction of sp³-hybridized carbons (Fsp3) is 0.348. The minimum absolute atomic E-state index is 0.125. The number of piperazine rings is 1. The number of aromatic nitrogens is 1. The van der Waals surface area contributed by atoms with Crippen LogP contribution in [0.2, 0.25) is 0 Å². The molecule has 0 atom stereocenters. The van der Waals surface area contributed by atoms with Crippen LogP contribution < -0.4 is 15.0 Å². The van der Waals surface area contributed by atoms with E-state index in [0.717, 1.165) is 16.0 Å². The van der Waals surface area contributed by atoms with Crippen LogP contribution in [-0.2, 0) is 4.79 Å². The summed E-state index contributed by atoms with van der Waals surface area (Å²) >= 11 is 1.41. The summed E-state index contributed by atoms with van der Waals surface area (Å²) in [6.07, 6.45) is 0. The molecule has 1 amide bonds. The number of hydrogen-bond acceptors (Lipinski definition) is 7. The SMILES string of the molecule is CCOc1ccc2nc(NC(=O)CN3CCN(c4ccc(C(C)=O)cc4F)CC3)sc2c1. The zero-order valence-corrected chi connectivity index (χ0v) is 18.9. The van der Waals surface area contributed by atoms with Crippen molar-refractivity contribution in [1.82, 2.24) is 9.88 Å². The molecule has 168 valence electrons. The number of nitrogens with one attached hydrogen (secondary N) is 1. The van der Waals surface area contributed by atoms with Crippen molar-refractivity contribution >= 4 is 44.1 Å². The molecule has 1 aliphatic heterocycles. The van der Waals surface area contributed by atoms with Gasteiger partial charge in [0.05, 0.1) is 29.1 Å². The van der Waals surface area contributed by atoms with E-state index in [0.29, 0.717) is 49.2 Å². The second-order valence-electron chi connectivity index (χ2n) is 7.62. The molecule has 0 spiro atoms. The average Bonchev–Trinajstić information content (AvgIpc) is 3.16. The van der Waals surface area contributed by atoms with Crippen molar-refractivity contribution in [1.29, 1.82) is 0 Å². The first-order valence-corrected chi connectivity index (χ1v) is 11.4. The highest BCUT2D eigenvalue weighted by molar-refractivity contribution is 7.22. The molecule has 0 unspecified atom stereocenters. The van der Waals surface area contributed by atoms with E-state index >= 15 is 0 Å². The Balaban J connectivity index is 1.31. The zero-order valence-electron chi connectivity index (χ0n) is 18.1. The molecule has 0 bridgehead atoms. The van der Waals surface area contributed by atoms with E-state index in [4.69, 9.17) is 4.74 Å². The Kier molecular flexibility index (Phi) is 6.66. The standard InChI is InChI=1S/C23H25FN4O3S/c1-3-31-17-5-6-19-21(13-17)32-23(25-19)26-22(30)14-27-8-10-28(11-9-27)20-7-4-16(15(2)29)12-18(20)24/h4-7,12-13H,3,8-11,14H2,1-2H3,(H,25,26,30). The van der Waals surface area contributed by atoms with Crippen LogP contribution in [0.4, 0.5) is 15.2 Å². The predicted octanol–water partition coefficient (Wildman–Crippen LogP) is 3.80. The second-order valence-corrected chi connectivity index (χ2v) is 8.65. The summed E-state index contributed by atoms with van der Waals surface area (Å²) in [5, 5.41) is 3.44. The Morgan fingerprint density at radius 2 is 1.94 bits per heavy atom. The van der Waals surface area contributed by atoms with Crippen molar-refractivity contribution in [2.45, 2.75) is 13.8 Å². The van der Waals surface area contributed by atoms with Gasteiger partial charge in [-0.2, -0.15) is 0 Å². The van der Waals surface area contributed by atoms with Gasteiger partial charge in [0, 0.05) is 31.7 Å². The molecule has 2 heterocycles. The molecule has 1 fully saturated rings. The van der Waals surface area contributed by atoms with Gasteiger partial charge in [0.2, 0.25) is 5.91 Å². The highest BCUT2D eigenvalue weighted by atomic mass is 32.1. The Bertz CT molecular complexity index is 1140. The van der Waals surface area contributed by atoms with Crippen LogP contribution in [-0.4, -0.2) is 60.9 Å². The Morgan fingerprint density at radius 3 is 2.62 bits per heavy atom. The number of halogens is 1. The van der Waals surface area contributed by atoms with Crippen LogP contribution in [0.5, 0.6) is 5.75 Å². The smallest absolute Gasteiger partial charge is 0.240 e. The fourth-order valence-corrected chi connectivity index (χ4v) is 4.62. The molecule has 4 rings (SSSR count). The topological polar surface area (TPSA) is 74.8 Å². The molecule has 1 N–H and O–H groups in total. The molecule has 7 nitrogen and oxygen atoms in total. The largest absolute Gasteiger partial charge is 0.494 e. The van der Waals surface area contributed by atoms with Gasteiger partial charge in [-0.15, -0.1) is 0 Å². The molecular formula is C23H25FN4O3S. The van der Waals surface area contributed by atoms with Crippen LogP contribution in [0.3, 0.4) is 0 Å². The van der Waals surface area contributed by atoms with Crippen LogP contribution >= 0.6 is 11.3 Å². The predicted molar refractivity (Wildman–Crippen MR) is 124 cm³/mol. The summed E-state index contributed by atoms with van der Waals surface area (Å²) in [5.74, 6) is 0.104. The van der Waals surface area contributed by atoms with Crippen LogP contribution in [0.15, 0.2) is 36.4 Å². The Morgan fingerprint density at radius 1 is 1.16 bits per heavy atom. The molecular weight excluding hydrogens is 431 g/mol. The van der Waals surface area contributed by atoms with Crippen molar-refractivity contribution in [2.24, 2.45) is 0 Å². The summed E-state index contributed by atoms with van der Waals surface area (Å²) in [6, 6.07) is 10.3. The van der Waals surface area contributed by atoms with Crippen molar-refractivity contribution in [3.05, 3.63) is 47.8 Å². The summed E-state index contributed by atoms with van der Waals surface area (Å²) in [4.78, 5) is 32.4. The Labute approximate surface area is 189 Å². The average molecular weight is 457 g/mol. The number of ether oxygens (including phenoxy) is 1. The number of anilines is 2. The minimum atomic E-state index is -0.396. The maximum Gasteiger partial charge on any atom is 0.240 e. The van der Waals surface area contributed by atoms with Gasteiger partial charge in [0.1, 0.15) is 11.6 Å². The van der Waals surface area contributed by atoms with E-state index in [1.807, 2.05) is 34.9 Å². The number of amides is 1. The Hall–Kier alpha value is -3.04. The first-order valence-electron chi connectivity index (χ1n) is 10.5. The fourth-order valence-electron chi connectivity index (χ4n) is 3.71. The highest BCUT2D eigenvalue weighted by Crippen LogP contribution is 2.29. The second kappa shape index (κ2) is 9.62. The van der Waals surface area contributed by atoms with Gasteiger partial charge in [0.15, 0.2) is 10.9 Å². The van der Waals surface area contributed by atoms with Crippen molar-refractivity contribution in [3.63, 3.8) is 0 Å². The van der Waals surface area contributed by atoms with Crippen molar-refractivity contribution in [3.8, 4) is 5.75 Å². The number of thiazole rings is 1. The number of rotatable bonds is 7. The maximum atomic E-state index is 14.4. The summed E-state index contributed by atoms with van der Waals surface area (Å²) in [6.45, 7) is 6.68. The lowest BCUT2D eigenvalue weighted by molar-refractivity contribution is -0.117. The summed E-state index contributed by atoms with van der Waals surface area (Å²) < 4.78 is 20.9. The van der Waals surface area contributed by atoms with Gasteiger partial charge in [-0.1, -0.05) is 11.3 Å². The molecule has 0 radical (unpaired) electrons. The molecule has 2 aromatic carbocycles. The molecule has 32 heavy (non-hydrogen) atoms. The molecule has 9 heteroatoms. The number of Topliss-reactive ketones (excluding diaryl/α,β-unsaturated/α-hetero) is 1. The van der Waals surface area contributed by atoms with Gasteiger partial charge in [-0.05, 0) is 50.2 Å². The van der Waals surface area contributed by atoms with Gasteiger partial charge >= 0.3 is 0 Å². The van der Waals surface area contributed by atoms with E-state index in [-0.39, 0.29) is 18.2 Å². The lowest BCUT2D eigenvalue weighted by Crippen LogP contribution is -2.48. The lowest BCUT2D eigenvalue weighted by atomic mass is 10.1. The lowest BCUT2D eigenvalue weighted by Gasteiger charge is -2.35. The monoisotopic (exact) mass is 456 g/mol. The molecule has 0 saturated carbocycles. The van der Waals surface area contributed by atoms with Crippen LogP contribution in [0, 0.1) is 5.82 Å². The van der Waals surface area contributed by atoms with E-state index in [1.165, 1.54) is 24.3 Å². The molecule has 1 saturated heterocycles. The summed E-state index contributed by atoms with van der Waals surface area (Å²) in [7, 11) is 0. The van der Waals surface area contributed by atoms with Crippen LogP contribution in [0.1, 0.15) is 24.2 Å². The van der Waals surface area contributed by atoms with Gasteiger partial charge in [-0.25, -0.2) is 9.37 Å².